The van der Waals surface area contributed by atoms with Crippen molar-refractivity contribution in [2.75, 3.05) is 13.1 Å². The van der Waals surface area contributed by atoms with Crippen molar-refractivity contribution in [3.63, 3.8) is 0 Å². The van der Waals surface area contributed by atoms with Crippen LogP contribution in [0.3, 0.4) is 0 Å². The molecule has 1 saturated heterocycles. The van der Waals surface area contributed by atoms with Crippen LogP contribution in [-0.4, -0.2) is 62.0 Å². The van der Waals surface area contributed by atoms with Gasteiger partial charge in [-0.25, -0.2) is 14.3 Å². The molecule has 2 rings (SSSR count). The van der Waals surface area contributed by atoms with E-state index in [9.17, 15) is 14.4 Å². The summed E-state index contributed by atoms with van der Waals surface area (Å²) < 4.78 is 1.43. The Kier molecular flexibility index (Phi) is 4.05. The van der Waals surface area contributed by atoms with Crippen LogP contribution in [0.25, 0.3) is 0 Å². The van der Waals surface area contributed by atoms with E-state index in [4.69, 9.17) is 10.8 Å². The van der Waals surface area contributed by atoms with Gasteiger partial charge in [-0.15, -0.1) is 5.10 Å². The first-order valence-corrected chi connectivity index (χ1v) is 6.35. The highest BCUT2D eigenvalue weighted by atomic mass is 16.4. The number of nitrogens with one attached hydrogen (secondary N) is 1. The molecule has 4 N–H and O–H groups in total. The van der Waals surface area contributed by atoms with Crippen molar-refractivity contribution in [2.45, 2.75) is 25.4 Å². The summed E-state index contributed by atoms with van der Waals surface area (Å²) in [5, 5.41) is 18.6. The number of carbonyl (C=O) groups excluding carboxylic acids is 2. The number of nitrogens with two attached hydrogens (primary N) is 1. The number of hydrogen-bond acceptors (Lipinski definition) is 5. The van der Waals surface area contributed by atoms with Crippen LogP contribution in [0.15, 0.2) is 6.20 Å². The third kappa shape index (κ3) is 3.46. The molecule has 114 valence electrons. The monoisotopic (exact) mass is 296 g/mol. The van der Waals surface area contributed by atoms with Gasteiger partial charge in [0.1, 0.15) is 0 Å². The number of carbonyl (C=O) groups is 3. The van der Waals surface area contributed by atoms with Crippen LogP contribution < -0.4 is 11.1 Å². The van der Waals surface area contributed by atoms with Crippen LogP contribution in [0.1, 0.15) is 29.9 Å². The molecule has 0 aromatic carbocycles. The van der Waals surface area contributed by atoms with Crippen LogP contribution in [0.2, 0.25) is 0 Å². The van der Waals surface area contributed by atoms with Crippen LogP contribution in [-0.2, 0) is 4.79 Å². The van der Waals surface area contributed by atoms with Crippen molar-refractivity contribution in [3.8, 4) is 0 Å². The quantitative estimate of drug-likeness (QED) is 0.623. The molecule has 1 aromatic heterocycles. The molecule has 10 nitrogen and oxygen atoms in total. The topological polar surface area (TPSA) is 143 Å². The van der Waals surface area contributed by atoms with E-state index in [-0.39, 0.29) is 30.2 Å². The molecule has 3 amide bonds. The molecule has 0 bridgehead atoms. The lowest BCUT2D eigenvalue weighted by Gasteiger charge is -2.39. The fourth-order valence-electron chi connectivity index (χ4n) is 2.00. The lowest BCUT2D eigenvalue weighted by atomic mass is 10.1. The van der Waals surface area contributed by atoms with E-state index in [0.717, 1.165) is 0 Å². The third-order valence-electron chi connectivity index (χ3n) is 3.13. The second-order valence-electron chi connectivity index (χ2n) is 4.97. The Bertz CT molecular complexity index is 565. The molecule has 1 unspecified atom stereocenters. The first kappa shape index (κ1) is 14.8. The fourth-order valence-corrected chi connectivity index (χ4v) is 2.00. The number of rotatable bonds is 5. The second kappa shape index (κ2) is 5.77. The van der Waals surface area contributed by atoms with Gasteiger partial charge < -0.3 is 21.1 Å². The summed E-state index contributed by atoms with van der Waals surface area (Å²) in [6, 6.07) is -0.722. The van der Waals surface area contributed by atoms with Gasteiger partial charge in [-0.3, -0.25) is 4.79 Å². The number of amides is 3. The first-order chi connectivity index (χ1) is 9.86. The van der Waals surface area contributed by atoms with Gasteiger partial charge in [0.25, 0.3) is 0 Å². The molecule has 0 spiro atoms. The predicted octanol–water partition coefficient (Wildman–Crippen LogP) is -1.19. The molecule has 1 aliphatic heterocycles. The number of urea groups is 1. The normalized spacial score (nSPS) is 16.1. The number of aromatic carboxylic acids is 1. The van der Waals surface area contributed by atoms with Crippen LogP contribution in [0.5, 0.6) is 0 Å². The average molecular weight is 296 g/mol. The summed E-state index contributed by atoms with van der Waals surface area (Å²) in [7, 11) is 0. The van der Waals surface area contributed by atoms with E-state index in [1.807, 2.05) is 0 Å². The van der Waals surface area contributed by atoms with Crippen LogP contribution in [0, 0.1) is 0 Å². The van der Waals surface area contributed by atoms with Crippen LogP contribution in [0.4, 0.5) is 4.79 Å². The molecule has 1 aromatic rings. The van der Waals surface area contributed by atoms with Gasteiger partial charge in [0, 0.05) is 25.6 Å². The number of likely N-dealkylation sites (tertiary alicyclic amines) is 1. The Balaban J connectivity index is 1.81. The van der Waals surface area contributed by atoms with E-state index >= 15 is 0 Å². The van der Waals surface area contributed by atoms with Gasteiger partial charge in [0.2, 0.25) is 5.91 Å². The number of hydrogen-bond donors (Lipinski definition) is 3. The van der Waals surface area contributed by atoms with Gasteiger partial charge >= 0.3 is 12.0 Å². The minimum Gasteiger partial charge on any atom is -0.476 e. The van der Waals surface area contributed by atoms with Crippen molar-refractivity contribution < 1.29 is 19.5 Å². The Morgan fingerprint density at radius 2 is 2.19 bits per heavy atom. The number of carboxylic acid groups (broad SMARTS) is 1. The van der Waals surface area contributed by atoms with E-state index < -0.39 is 11.9 Å². The summed E-state index contributed by atoms with van der Waals surface area (Å²) in [5.74, 6) is -1.62. The van der Waals surface area contributed by atoms with Crippen molar-refractivity contribution in [1.82, 2.24) is 25.2 Å². The Morgan fingerprint density at radius 3 is 2.71 bits per heavy atom. The highest BCUT2D eigenvalue weighted by Crippen LogP contribution is 2.20. The van der Waals surface area contributed by atoms with Crippen molar-refractivity contribution >= 4 is 17.9 Å². The standard InChI is InChI=1S/C11H16N6O4/c1-6(2-9(12)18)13-11(21)16-3-7(4-16)17-5-8(10(19)20)14-15-17/h5-7H,2-4H2,1H3,(H2,12,18)(H,13,21)(H,19,20). The minimum atomic E-state index is -1.14. The Morgan fingerprint density at radius 1 is 1.52 bits per heavy atom. The third-order valence-corrected chi connectivity index (χ3v) is 3.13. The van der Waals surface area contributed by atoms with Gasteiger partial charge in [-0.1, -0.05) is 5.21 Å². The van der Waals surface area contributed by atoms with Crippen LogP contribution >= 0.6 is 0 Å². The summed E-state index contributed by atoms with van der Waals surface area (Å²) in [6.45, 7) is 2.49. The number of nitrogens with zero attached hydrogens (tertiary/aromatic N) is 4. The summed E-state index contributed by atoms with van der Waals surface area (Å²) in [6.07, 6.45) is 1.41. The van der Waals surface area contributed by atoms with Crippen molar-refractivity contribution in [2.24, 2.45) is 5.73 Å². The van der Waals surface area contributed by atoms with Gasteiger partial charge in [0.15, 0.2) is 5.69 Å². The zero-order chi connectivity index (χ0) is 15.6. The van der Waals surface area contributed by atoms with E-state index in [2.05, 4.69) is 15.6 Å². The highest BCUT2D eigenvalue weighted by molar-refractivity contribution is 5.84. The number of carboxylic acids is 1. The second-order valence-corrected chi connectivity index (χ2v) is 4.97. The molecule has 21 heavy (non-hydrogen) atoms. The smallest absolute Gasteiger partial charge is 0.358 e. The maximum Gasteiger partial charge on any atom is 0.358 e. The molecule has 0 radical (unpaired) electrons. The van der Waals surface area contributed by atoms with Gasteiger partial charge in [-0.2, -0.15) is 0 Å². The zero-order valence-corrected chi connectivity index (χ0v) is 11.4. The Labute approximate surface area is 119 Å². The summed E-state index contributed by atoms with van der Waals surface area (Å²) >= 11 is 0. The summed E-state index contributed by atoms with van der Waals surface area (Å²) in [4.78, 5) is 34.8. The number of primary amides is 1. The highest BCUT2D eigenvalue weighted by Gasteiger charge is 2.33. The largest absolute Gasteiger partial charge is 0.476 e. The minimum absolute atomic E-state index is 0.0774. The average Bonchev–Trinajstić information content (AvgIpc) is 2.74. The SMILES string of the molecule is CC(CC(N)=O)NC(=O)N1CC(n2cc(C(=O)O)nn2)C1. The summed E-state index contributed by atoms with van der Waals surface area (Å²) in [5.41, 5.74) is 4.91. The van der Waals surface area contributed by atoms with Crippen molar-refractivity contribution in [1.29, 1.82) is 0 Å². The molecular weight excluding hydrogens is 280 g/mol. The lowest BCUT2D eigenvalue weighted by molar-refractivity contribution is -0.118. The van der Waals surface area contributed by atoms with E-state index in [0.29, 0.717) is 13.1 Å². The predicted molar refractivity (Wildman–Crippen MR) is 69.4 cm³/mol. The molecule has 1 fully saturated rings. The van der Waals surface area contributed by atoms with Crippen molar-refractivity contribution in [3.05, 3.63) is 11.9 Å². The molecular formula is C11H16N6O4. The Hall–Kier alpha value is -2.65. The molecule has 1 aliphatic rings. The molecule has 1 atom stereocenters. The van der Waals surface area contributed by atoms with E-state index in [1.165, 1.54) is 15.8 Å². The van der Waals surface area contributed by atoms with Gasteiger partial charge in [0.05, 0.1) is 12.2 Å². The zero-order valence-electron chi connectivity index (χ0n) is 11.4. The molecule has 0 aliphatic carbocycles. The molecule has 0 saturated carbocycles. The maximum absolute atomic E-state index is 11.8. The van der Waals surface area contributed by atoms with Gasteiger partial charge in [-0.05, 0) is 6.92 Å². The fraction of sp³-hybridized carbons (Fsp3) is 0.545. The van der Waals surface area contributed by atoms with E-state index in [1.54, 1.807) is 6.92 Å². The lowest BCUT2D eigenvalue weighted by Crippen LogP contribution is -2.56. The number of aromatic nitrogens is 3. The molecule has 2 heterocycles. The first-order valence-electron chi connectivity index (χ1n) is 6.35. The molecule has 10 heteroatoms. The maximum atomic E-state index is 11.8.